The minimum Gasteiger partial charge on any atom is -0.349 e. The Kier molecular flexibility index (Phi) is 3.58. The van der Waals surface area contributed by atoms with Crippen molar-refractivity contribution in [1.82, 2.24) is 14.7 Å². The second-order valence-corrected chi connectivity index (χ2v) is 6.10. The van der Waals surface area contributed by atoms with Crippen molar-refractivity contribution >= 4 is 11.6 Å². The van der Waals surface area contributed by atoms with Gasteiger partial charge in [-0.15, -0.1) is 0 Å². The molecule has 23 heavy (non-hydrogen) atoms. The summed E-state index contributed by atoms with van der Waals surface area (Å²) in [5.74, 6) is -0.0206. The second-order valence-electron chi connectivity index (χ2n) is 6.10. The van der Waals surface area contributed by atoms with E-state index < -0.39 is 0 Å². The van der Waals surface area contributed by atoms with Crippen molar-refractivity contribution in [3.63, 3.8) is 0 Å². The predicted octanol–water partition coefficient (Wildman–Crippen LogP) is 3.67. The normalized spacial score (nSPS) is 15.1. The number of nitrogens with one attached hydrogen (secondary N) is 1. The number of imidazole rings is 1. The van der Waals surface area contributed by atoms with Crippen LogP contribution in [0.1, 0.15) is 36.0 Å². The largest absolute Gasteiger partial charge is 0.349 e. The number of benzene rings is 1. The molecule has 0 unspecified atom stereocenters. The van der Waals surface area contributed by atoms with Crippen molar-refractivity contribution in [3.8, 4) is 11.3 Å². The molecule has 1 saturated carbocycles. The lowest BCUT2D eigenvalue weighted by Gasteiger charge is -2.12. The van der Waals surface area contributed by atoms with Crippen LogP contribution in [0.25, 0.3) is 16.9 Å². The Morgan fingerprint density at radius 2 is 1.87 bits per heavy atom. The lowest BCUT2D eigenvalue weighted by molar-refractivity contribution is 0.0939. The summed E-state index contributed by atoms with van der Waals surface area (Å²) in [6, 6.07) is 14.1. The zero-order chi connectivity index (χ0) is 15.6. The van der Waals surface area contributed by atoms with Crippen LogP contribution >= 0.6 is 0 Å². The highest BCUT2D eigenvalue weighted by molar-refractivity contribution is 6.00. The lowest BCUT2D eigenvalue weighted by atomic mass is 10.2. The zero-order valence-corrected chi connectivity index (χ0v) is 12.9. The number of carbonyl (C=O) groups is 1. The third-order valence-corrected chi connectivity index (χ3v) is 4.49. The molecule has 0 bridgehead atoms. The maximum atomic E-state index is 12.6. The fourth-order valence-electron chi connectivity index (χ4n) is 3.27. The molecule has 0 saturated heterocycles. The Bertz CT molecular complexity index is 832. The number of amides is 1. The quantitative estimate of drug-likeness (QED) is 0.802. The molecule has 4 nitrogen and oxygen atoms in total. The van der Waals surface area contributed by atoms with Crippen molar-refractivity contribution in [2.75, 3.05) is 0 Å². The number of fused-ring (bicyclic) bond motifs is 1. The van der Waals surface area contributed by atoms with Crippen LogP contribution in [0, 0.1) is 0 Å². The fourth-order valence-corrected chi connectivity index (χ4v) is 3.27. The maximum Gasteiger partial charge on any atom is 0.255 e. The van der Waals surface area contributed by atoms with E-state index in [9.17, 15) is 4.79 Å². The molecule has 4 heteroatoms. The van der Waals surface area contributed by atoms with Crippen LogP contribution < -0.4 is 5.32 Å². The standard InChI is InChI=1S/C19H19N3O/c23-19(20-15-9-4-5-10-15)16-11-6-12-22-13-17(21-18(16)22)14-7-2-1-3-8-14/h1-3,6-8,11-13,15H,4-5,9-10H2,(H,20,23). The van der Waals surface area contributed by atoms with Crippen LogP contribution in [0.3, 0.4) is 0 Å². The molecule has 1 aliphatic carbocycles. The van der Waals surface area contributed by atoms with Gasteiger partial charge in [-0.2, -0.15) is 0 Å². The zero-order valence-electron chi connectivity index (χ0n) is 12.9. The Morgan fingerprint density at radius 1 is 1.09 bits per heavy atom. The molecule has 1 fully saturated rings. The van der Waals surface area contributed by atoms with Crippen molar-refractivity contribution in [3.05, 3.63) is 60.4 Å². The minimum atomic E-state index is -0.0206. The highest BCUT2D eigenvalue weighted by Gasteiger charge is 2.20. The molecule has 1 amide bonds. The van der Waals surface area contributed by atoms with E-state index in [0.29, 0.717) is 17.3 Å². The number of hydrogen-bond donors (Lipinski definition) is 1. The van der Waals surface area contributed by atoms with Crippen molar-refractivity contribution < 1.29 is 4.79 Å². The lowest BCUT2D eigenvalue weighted by Crippen LogP contribution is -2.32. The van der Waals surface area contributed by atoms with E-state index in [1.807, 2.05) is 59.3 Å². The van der Waals surface area contributed by atoms with Gasteiger partial charge in [-0.1, -0.05) is 43.2 Å². The first-order valence-electron chi connectivity index (χ1n) is 8.15. The van der Waals surface area contributed by atoms with E-state index in [1.54, 1.807) is 0 Å². The van der Waals surface area contributed by atoms with Gasteiger partial charge in [-0.05, 0) is 25.0 Å². The molecule has 4 rings (SSSR count). The van der Waals surface area contributed by atoms with Crippen LogP contribution in [-0.2, 0) is 0 Å². The summed E-state index contributed by atoms with van der Waals surface area (Å²) in [6.07, 6.45) is 8.47. The summed E-state index contributed by atoms with van der Waals surface area (Å²) in [7, 11) is 0. The van der Waals surface area contributed by atoms with E-state index in [2.05, 4.69) is 10.3 Å². The van der Waals surface area contributed by atoms with Gasteiger partial charge in [0.1, 0.15) is 5.65 Å². The highest BCUT2D eigenvalue weighted by Crippen LogP contribution is 2.22. The summed E-state index contributed by atoms with van der Waals surface area (Å²) in [4.78, 5) is 17.3. The first-order chi connectivity index (χ1) is 11.3. The van der Waals surface area contributed by atoms with Gasteiger partial charge in [-0.3, -0.25) is 4.79 Å². The van der Waals surface area contributed by atoms with Crippen molar-refractivity contribution in [2.45, 2.75) is 31.7 Å². The van der Waals surface area contributed by atoms with Crippen LogP contribution in [0.15, 0.2) is 54.9 Å². The molecule has 1 aliphatic rings. The van der Waals surface area contributed by atoms with Crippen LogP contribution in [0.4, 0.5) is 0 Å². The first-order valence-corrected chi connectivity index (χ1v) is 8.15. The van der Waals surface area contributed by atoms with Gasteiger partial charge in [0.05, 0.1) is 11.3 Å². The first kappa shape index (κ1) is 14.0. The van der Waals surface area contributed by atoms with Crippen LogP contribution in [-0.4, -0.2) is 21.3 Å². The smallest absolute Gasteiger partial charge is 0.255 e. The van der Waals surface area contributed by atoms with Gasteiger partial charge in [0.2, 0.25) is 0 Å². The molecule has 3 aromatic rings. The molecule has 1 aromatic carbocycles. The van der Waals surface area contributed by atoms with E-state index >= 15 is 0 Å². The van der Waals surface area contributed by atoms with Gasteiger partial charge >= 0.3 is 0 Å². The SMILES string of the molecule is O=C(NC1CCCC1)c1cccn2cc(-c3ccccc3)nc12. The number of pyridine rings is 1. The summed E-state index contributed by atoms with van der Waals surface area (Å²) < 4.78 is 1.92. The van der Waals surface area contributed by atoms with Gasteiger partial charge in [0.15, 0.2) is 0 Å². The Labute approximate surface area is 135 Å². The number of nitrogens with zero attached hydrogens (tertiary/aromatic N) is 2. The Balaban J connectivity index is 1.70. The van der Waals surface area contributed by atoms with Gasteiger partial charge < -0.3 is 9.72 Å². The third kappa shape index (κ3) is 2.72. The summed E-state index contributed by atoms with van der Waals surface area (Å²) in [5, 5.41) is 3.14. The van der Waals surface area contributed by atoms with E-state index in [0.717, 1.165) is 24.1 Å². The van der Waals surface area contributed by atoms with Gasteiger partial charge in [0.25, 0.3) is 5.91 Å². The second kappa shape index (κ2) is 5.88. The number of hydrogen-bond acceptors (Lipinski definition) is 2. The summed E-state index contributed by atoms with van der Waals surface area (Å²) in [6.45, 7) is 0. The van der Waals surface area contributed by atoms with Crippen LogP contribution in [0.5, 0.6) is 0 Å². The molecule has 0 aliphatic heterocycles. The molecule has 0 spiro atoms. The van der Waals surface area contributed by atoms with Gasteiger partial charge in [-0.25, -0.2) is 4.98 Å². The topological polar surface area (TPSA) is 46.4 Å². The highest BCUT2D eigenvalue weighted by atomic mass is 16.1. The molecular weight excluding hydrogens is 286 g/mol. The maximum absolute atomic E-state index is 12.6. The summed E-state index contributed by atoms with van der Waals surface area (Å²) >= 11 is 0. The van der Waals surface area contributed by atoms with Crippen molar-refractivity contribution in [2.24, 2.45) is 0 Å². The van der Waals surface area contributed by atoms with Crippen LogP contribution in [0.2, 0.25) is 0 Å². The van der Waals surface area contributed by atoms with Crippen molar-refractivity contribution in [1.29, 1.82) is 0 Å². The molecule has 0 atom stereocenters. The average molecular weight is 305 g/mol. The molecule has 116 valence electrons. The fraction of sp³-hybridized carbons (Fsp3) is 0.263. The molecule has 1 N–H and O–H groups in total. The van der Waals surface area contributed by atoms with E-state index in [4.69, 9.17) is 0 Å². The number of aromatic nitrogens is 2. The Morgan fingerprint density at radius 3 is 2.65 bits per heavy atom. The van der Waals surface area contributed by atoms with E-state index in [-0.39, 0.29) is 5.91 Å². The molecular formula is C19H19N3O. The molecule has 2 aromatic heterocycles. The van der Waals surface area contributed by atoms with E-state index in [1.165, 1.54) is 12.8 Å². The molecule has 2 heterocycles. The summed E-state index contributed by atoms with van der Waals surface area (Å²) in [5.41, 5.74) is 3.29. The molecule has 0 radical (unpaired) electrons. The van der Waals surface area contributed by atoms with Gasteiger partial charge in [0, 0.05) is 24.0 Å². The predicted molar refractivity (Wildman–Crippen MR) is 90.4 cm³/mol. The Hall–Kier alpha value is -2.62. The monoisotopic (exact) mass is 305 g/mol. The number of rotatable bonds is 3. The minimum absolute atomic E-state index is 0.0206. The third-order valence-electron chi connectivity index (χ3n) is 4.49. The average Bonchev–Trinajstić information content (AvgIpc) is 3.24. The number of carbonyl (C=O) groups excluding carboxylic acids is 1.